The third-order valence-corrected chi connectivity index (χ3v) is 2.87. The van der Waals surface area contributed by atoms with Crippen LogP contribution in [0.2, 0.25) is 0 Å². The van der Waals surface area contributed by atoms with Crippen LogP contribution in [0.15, 0.2) is 18.2 Å². The molecule has 1 aromatic rings. The summed E-state index contributed by atoms with van der Waals surface area (Å²) in [5.74, 6) is 1.52. The summed E-state index contributed by atoms with van der Waals surface area (Å²) in [5, 5.41) is 0. The van der Waals surface area contributed by atoms with E-state index in [-0.39, 0.29) is 18.5 Å². The highest BCUT2D eigenvalue weighted by atomic mass is 16.7. The van der Waals surface area contributed by atoms with E-state index in [1.165, 1.54) is 0 Å². The van der Waals surface area contributed by atoms with E-state index >= 15 is 0 Å². The zero-order valence-corrected chi connectivity index (χ0v) is 10.6. The maximum atomic E-state index is 5.73. The summed E-state index contributed by atoms with van der Waals surface area (Å²) in [6.45, 7) is 3.90. The summed E-state index contributed by atoms with van der Waals surface area (Å²) in [6.07, 6.45) is -0.219. The second-order valence-electron chi connectivity index (χ2n) is 4.11. The van der Waals surface area contributed by atoms with E-state index in [1.807, 2.05) is 32.0 Å². The first-order chi connectivity index (χ1) is 8.13. The van der Waals surface area contributed by atoms with Crippen LogP contribution < -0.4 is 9.47 Å². The molecule has 1 heterocycles. The van der Waals surface area contributed by atoms with Crippen LogP contribution in [0.4, 0.5) is 0 Å². The lowest BCUT2D eigenvalue weighted by molar-refractivity contribution is -0.0495. The van der Waals surface area contributed by atoms with Gasteiger partial charge in [-0.15, -0.1) is 0 Å². The predicted molar refractivity (Wildman–Crippen MR) is 63.4 cm³/mol. The summed E-state index contributed by atoms with van der Waals surface area (Å²) < 4.78 is 21.8. The van der Waals surface area contributed by atoms with Crippen molar-refractivity contribution in [1.82, 2.24) is 0 Å². The maximum Gasteiger partial charge on any atom is 0.156 e. The highest BCUT2D eigenvalue weighted by molar-refractivity contribution is 5.39. The quantitative estimate of drug-likeness (QED) is 0.810. The van der Waals surface area contributed by atoms with Gasteiger partial charge >= 0.3 is 0 Å². The molecule has 1 aromatic carbocycles. The average Bonchev–Trinajstić information content (AvgIpc) is 2.67. The molecule has 1 aliphatic heterocycles. The second-order valence-corrected chi connectivity index (χ2v) is 4.11. The summed E-state index contributed by atoms with van der Waals surface area (Å²) in [7, 11) is 3.27. The smallest absolute Gasteiger partial charge is 0.156 e. The van der Waals surface area contributed by atoms with Gasteiger partial charge in [0.25, 0.3) is 0 Å². The van der Waals surface area contributed by atoms with Gasteiger partial charge in [-0.2, -0.15) is 0 Å². The van der Waals surface area contributed by atoms with E-state index in [4.69, 9.17) is 18.9 Å². The van der Waals surface area contributed by atoms with Gasteiger partial charge in [-0.1, -0.05) is 0 Å². The molecule has 1 fully saturated rings. The molecule has 1 saturated heterocycles. The van der Waals surface area contributed by atoms with Crippen LogP contribution in [0, 0.1) is 0 Å². The molecule has 0 aromatic heterocycles. The van der Waals surface area contributed by atoms with Gasteiger partial charge < -0.3 is 18.9 Å². The highest BCUT2D eigenvalue weighted by Gasteiger charge is 2.32. The summed E-state index contributed by atoms with van der Waals surface area (Å²) in [4.78, 5) is 0. The van der Waals surface area contributed by atoms with Gasteiger partial charge in [0.1, 0.15) is 17.6 Å². The first-order valence-corrected chi connectivity index (χ1v) is 5.68. The van der Waals surface area contributed by atoms with E-state index in [1.54, 1.807) is 14.2 Å². The molecule has 3 atom stereocenters. The topological polar surface area (TPSA) is 36.9 Å². The van der Waals surface area contributed by atoms with Gasteiger partial charge in [0.15, 0.2) is 6.29 Å². The van der Waals surface area contributed by atoms with Crippen molar-refractivity contribution in [2.75, 3.05) is 14.2 Å². The fourth-order valence-corrected chi connectivity index (χ4v) is 2.07. The van der Waals surface area contributed by atoms with Crippen molar-refractivity contribution < 1.29 is 18.9 Å². The van der Waals surface area contributed by atoms with Crippen molar-refractivity contribution in [3.63, 3.8) is 0 Å². The number of rotatable bonds is 3. The monoisotopic (exact) mass is 238 g/mol. The molecule has 0 bridgehead atoms. The van der Waals surface area contributed by atoms with Crippen LogP contribution in [0.1, 0.15) is 25.5 Å². The second kappa shape index (κ2) is 4.94. The Morgan fingerprint density at radius 2 is 1.53 bits per heavy atom. The predicted octanol–water partition coefficient (Wildman–Crippen LogP) is 2.53. The van der Waals surface area contributed by atoms with Gasteiger partial charge in [-0.05, 0) is 31.5 Å². The first kappa shape index (κ1) is 12.2. The third kappa shape index (κ3) is 2.53. The number of benzene rings is 1. The Morgan fingerprint density at radius 3 is 1.94 bits per heavy atom. The molecule has 94 valence electrons. The van der Waals surface area contributed by atoms with E-state index in [2.05, 4.69) is 0 Å². The summed E-state index contributed by atoms with van der Waals surface area (Å²) in [6, 6.07) is 5.74. The molecule has 0 N–H and O–H groups in total. The summed E-state index contributed by atoms with van der Waals surface area (Å²) >= 11 is 0. The Morgan fingerprint density at radius 1 is 0.941 bits per heavy atom. The van der Waals surface area contributed by atoms with Crippen molar-refractivity contribution in [3.8, 4) is 11.5 Å². The van der Waals surface area contributed by atoms with Gasteiger partial charge in [-0.25, -0.2) is 0 Å². The number of hydrogen-bond donors (Lipinski definition) is 0. The Balaban J connectivity index is 2.31. The average molecular weight is 238 g/mol. The molecule has 0 aliphatic carbocycles. The molecule has 4 heteroatoms. The minimum absolute atomic E-state index is 0.0295. The third-order valence-electron chi connectivity index (χ3n) is 2.87. The van der Waals surface area contributed by atoms with Crippen molar-refractivity contribution in [3.05, 3.63) is 23.8 Å². The van der Waals surface area contributed by atoms with Crippen molar-refractivity contribution >= 4 is 0 Å². The molecule has 0 radical (unpaired) electrons. The fourth-order valence-electron chi connectivity index (χ4n) is 2.07. The summed E-state index contributed by atoms with van der Waals surface area (Å²) in [5.41, 5.74) is 1.01. The lowest BCUT2D eigenvalue weighted by atomic mass is 10.0. The zero-order valence-electron chi connectivity index (χ0n) is 10.6. The molecule has 0 unspecified atom stereocenters. The SMILES string of the molecule is COc1cc(OC)cc([C@H]2O[C@@H](C)O[C@H]2C)c1. The molecule has 1 aliphatic rings. The fraction of sp³-hybridized carbons (Fsp3) is 0.538. The van der Waals surface area contributed by atoms with E-state index < -0.39 is 0 Å². The van der Waals surface area contributed by atoms with E-state index in [0.29, 0.717) is 0 Å². The minimum Gasteiger partial charge on any atom is -0.497 e. The Hall–Kier alpha value is -1.26. The number of methoxy groups -OCH3 is 2. The van der Waals surface area contributed by atoms with E-state index in [9.17, 15) is 0 Å². The lowest BCUT2D eigenvalue weighted by Gasteiger charge is -2.15. The normalized spacial score (nSPS) is 28.1. The first-order valence-electron chi connectivity index (χ1n) is 5.68. The van der Waals surface area contributed by atoms with E-state index in [0.717, 1.165) is 17.1 Å². The number of ether oxygens (including phenoxy) is 4. The molecule has 4 nitrogen and oxygen atoms in total. The molecule has 0 spiro atoms. The van der Waals surface area contributed by atoms with Gasteiger partial charge in [-0.3, -0.25) is 0 Å². The maximum absolute atomic E-state index is 5.73. The Kier molecular flexibility index (Phi) is 3.54. The largest absolute Gasteiger partial charge is 0.497 e. The van der Waals surface area contributed by atoms with Crippen molar-refractivity contribution in [2.45, 2.75) is 32.3 Å². The molecular weight excluding hydrogens is 220 g/mol. The molecule has 0 amide bonds. The minimum atomic E-state index is -0.174. The van der Waals surface area contributed by atoms with Crippen LogP contribution in [0.3, 0.4) is 0 Å². The highest BCUT2D eigenvalue weighted by Crippen LogP contribution is 2.35. The molecule has 2 rings (SSSR count). The lowest BCUT2D eigenvalue weighted by Crippen LogP contribution is -2.10. The van der Waals surface area contributed by atoms with Crippen molar-refractivity contribution in [1.29, 1.82) is 0 Å². The van der Waals surface area contributed by atoms with Gasteiger partial charge in [0, 0.05) is 6.07 Å². The van der Waals surface area contributed by atoms with Crippen LogP contribution in [0.5, 0.6) is 11.5 Å². The molecule has 0 saturated carbocycles. The Bertz CT molecular complexity index is 369. The molecule has 17 heavy (non-hydrogen) atoms. The number of hydrogen-bond acceptors (Lipinski definition) is 4. The zero-order chi connectivity index (χ0) is 12.4. The van der Waals surface area contributed by atoms with Gasteiger partial charge in [0.2, 0.25) is 0 Å². The van der Waals surface area contributed by atoms with Crippen molar-refractivity contribution in [2.24, 2.45) is 0 Å². The molecular formula is C13H18O4. The van der Waals surface area contributed by atoms with Gasteiger partial charge in [0.05, 0.1) is 20.3 Å². The van der Waals surface area contributed by atoms with Crippen LogP contribution in [-0.2, 0) is 9.47 Å². The van der Waals surface area contributed by atoms with Crippen LogP contribution in [-0.4, -0.2) is 26.6 Å². The van der Waals surface area contributed by atoms with Crippen LogP contribution >= 0.6 is 0 Å². The van der Waals surface area contributed by atoms with Crippen LogP contribution in [0.25, 0.3) is 0 Å². The Labute approximate surface area is 101 Å². The standard InChI is InChI=1S/C13H18O4/c1-8-13(17-9(2)16-8)10-5-11(14-3)7-12(6-10)15-4/h5-9,13H,1-4H3/t8-,9-,13-/m0/s1.